The number of rotatable bonds is 3. The number of nitrogens with zero attached hydrogens (tertiary/aromatic N) is 2. The molecule has 1 amide bonds. The Morgan fingerprint density at radius 2 is 2.38 bits per heavy atom. The Labute approximate surface area is 133 Å². The second kappa shape index (κ2) is 6.58. The van der Waals surface area contributed by atoms with Crippen LogP contribution < -0.4 is 0 Å². The first-order valence-corrected chi connectivity index (χ1v) is 8.41. The van der Waals surface area contributed by atoms with Crippen LogP contribution in [0.3, 0.4) is 0 Å². The summed E-state index contributed by atoms with van der Waals surface area (Å²) >= 11 is 7.67. The third-order valence-electron chi connectivity index (χ3n) is 3.82. The second-order valence-electron chi connectivity index (χ2n) is 5.40. The van der Waals surface area contributed by atoms with E-state index >= 15 is 0 Å². The average molecular weight is 321 g/mol. The van der Waals surface area contributed by atoms with Crippen molar-refractivity contribution in [2.75, 3.05) is 13.1 Å². The molecule has 3 rings (SSSR count). The summed E-state index contributed by atoms with van der Waals surface area (Å²) in [6.45, 7) is 1.64. The Balaban J connectivity index is 1.66. The van der Waals surface area contributed by atoms with E-state index in [2.05, 4.69) is 4.98 Å². The molecule has 110 valence electrons. The minimum absolute atomic E-state index is 0.0846. The molecule has 0 radical (unpaired) electrons. The van der Waals surface area contributed by atoms with Gasteiger partial charge in [0.2, 0.25) is 0 Å². The lowest BCUT2D eigenvalue weighted by Gasteiger charge is -2.32. The smallest absolute Gasteiger partial charge is 0.253 e. The van der Waals surface area contributed by atoms with Gasteiger partial charge in [-0.1, -0.05) is 17.7 Å². The van der Waals surface area contributed by atoms with E-state index in [4.69, 9.17) is 11.6 Å². The first-order valence-electron chi connectivity index (χ1n) is 7.15. The first-order chi connectivity index (χ1) is 10.2. The standard InChI is InChI=1S/C16H17ClN2OS/c17-14-5-1-4-13(10-14)16(20)19-7-2-3-12(11-19)9-15-18-6-8-21-15/h1,4-6,8,10,12H,2-3,7,9,11H2/t12-/m0/s1. The van der Waals surface area contributed by atoms with E-state index in [-0.39, 0.29) is 5.91 Å². The largest absolute Gasteiger partial charge is 0.338 e. The van der Waals surface area contributed by atoms with Crippen LogP contribution in [-0.2, 0) is 6.42 Å². The van der Waals surface area contributed by atoms with Crippen LogP contribution in [0.15, 0.2) is 35.8 Å². The summed E-state index contributed by atoms with van der Waals surface area (Å²) in [6, 6.07) is 7.19. The molecule has 1 aliphatic heterocycles. The van der Waals surface area contributed by atoms with Gasteiger partial charge in [-0.05, 0) is 37.0 Å². The molecule has 1 aromatic carbocycles. The molecule has 1 fully saturated rings. The van der Waals surface area contributed by atoms with E-state index in [0.717, 1.165) is 30.9 Å². The molecule has 0 spiro atoms. The number of likely N-dealkylation sites (tertiary alicyclic amines) is 1. The van der Waals surface area contributed by atoms with Crippen LogP contribution in [-0.4, -0.2) is 28.9 Å². The average Bonchev–Trinajstić information content (AvgIpc) is 3.00. The van der Waals surface area contributed by atoms with Crippen LogP contribution in [0.2, 0.25) is 5.02 Å². The van der Waals surface area contributed by atoms with Crippen molar-refractivity contribution in [3.63, 3.8) is 0 Å². The van der Waals surface area contributed by atoms with Crippen molar-refractivity contribution in [3.8, 4) is 0 Å². The zero-order valence-electron chi connectivity index (χ0n) is 11.7. The van der Waals surface area contributed by atoms with Gasteiger partial charge in [0, 0.05) is 41.7 Å². The summed E-state index contributed by atoms with van der Waals surface area (Å²) in [4.78, 5) is 18.9. The van der Waals surface area contributed by atoms with Crippen LogP contribution >= 0.6 is 22.9 Å². The Morgan fingerprint density at radius 1 is 1.48 bits per heavy atom. The van der Waals surface area contributed by atoms with Gasteiger partial charge in [-0.25, -0.2) is 4.98 Å². The molecule has 2 heterocycles. The Morgan fingerprint density at radius 3 is 3.14 bits per heavy atom. The number of piperidine rings is 1. The van der Waals surface area contributed by atoms with Crippen molar-refractivity contribution in [1.82, 2.24) is 9.88 Å². The van der Waals surface area contributed by atoms with E-state index in [0.29, 0.717) is 16.5 Å². The van der Waals surface area contributed by atoms with Gasteiger partial charge in [-0.15, -0.1) is 11.3 Å². The molecular weight excluding hydrogens is 304 g/mol. The molecule has 0 bridgehead atoms. The summed E-state index contributed by atoms with van der Waals surface area (Å²) in [7, 11) is 0. The van der Waals surface area contributed by atoms with Gasteiger partial charge in [-0.3, -0.25) is 4.79 Å². The minimum atomic E-state index is 0.0846. The number of halogens is 1. The topological polar surface area (TPSA) is 33.2 Å². The number of carbonyl (C=O) groups excluding carboxylic acids is 1. The van der Waals surface area contributed by atoms with Crippen LogP contribution in [0.5, 0.6) is 0 Å². The number of carbonyl (C=O) groups is 1. The minimum Gasteiger partial charge on any atom is -0.338 e. The number of hydrogen-bond donors (Lipinski definition) is 0. The summed E-state index contributed by atoms with van der Waals surface area (Å²) in [5, 5.41) is 3.78. The van der Waals surface area contributed by atoms with E-state index in [9.17, 15) is 4.79 Å². The molecular formula is C16H17ClN2OS. The van der Waals surface area contributed by atoms with E-state index in [1.165, 1.54) is 6.42 Å². The monoisotopic (exact) mass is 320 g/mol. The Bertz CT molecular complexity index is 614. The van der Waals surface area contributed by atoms with Gasteiger partial charge < -0.3 is 4.90 Å². The predicted octanol–water partition coefficient (Wildman–Crippen LogP) is 3.89. The molecule has 2 aromatic rings. The van der Waals surface area contributed by atoms with E-state index in [1.807, 2.05) is 28.6 Å². The molecule has 5 heteroatoms. The van der Waals surface area contributed by atoms with Gasteiger partial charge in [-0.2, -0.15) is 0 Å². The van der Waals surface area contributed by atoms with Gasteiger partial charge in [0.1, 0.15) is 0 Å². The third kappa shape index (κ3) is 3.63. The van der Waals surface area contributed by atoms with Crippen molar-refractivity contribution in [2.45, 2.75) is 19.3 Å². The number of thiazole rings is 1. The molecule has 0 saturated carbocycles. The van der Waals surface area contributed by atoms with Crippen LogP contribution in [0, 0.1) is 5.92 Å². The molecule has 1 saturated heterocycles. The first kappa shape index (κ1) is 14.5. The highest BCUT2D eigenvalue weighted by molar-refractivity contribution is 7.09. The molecule has 0 unspecified atom stereocenters. The van der Waals surface area contributed by atoms with Crippen molar-refractivity contribution in [1.29, 1.82) is 0 Å². The SMILES string of the molecule is O=C(c1cccc(Cl)c1)N1CCC[C@@H](Cc2nccs2)C1. The lowest BCUT2D eigenvalue weighted by Crippen LogP contribution is -2.40. The maximum atomic E-state index is 12.6. The number of amides is 1. The highest BCUT2D eigenvalue weighted by Gasteiger charge is 2.25. The Hall–Kier alpha value is -1.39. The molecule has 0 N–H and O–H groups in total. The lowest BCUT2D eigenvalue weighted by atomic mass is 9.94. The maximum Gasteiger partial charge on any atom is 0.253 e. The maximum absolute atomic E-state index is 12.6. The quantitative estimate of drug-likeness (QED) is 0.859. The van der Waals surface area contributed by atoms with Crippen molar-refractivity contribution < 1.29 is 4.79 Å². The third-order valence-corrected chi connectivity index (χ3v) is 4.86. The highest BCUT2D eigenvalue weighted by Crippen LogP contribution is 2.23. The Kier molecular flexibility index (Phi) is 4.56. The summed E-state index contributed by atoms with van der Waals surface area (Å²) < 4.78 is 0. The molecule has 1 aliphatic rings. The van der Waals surface area contributed by atoms with Gasteiger partial charge in [0.05, 0.1) is 5.01 Å². The zero-order chi connectivity index (χ0) is 14.7. The summed E-state index contributed by atoms with van der Waals surface area (Å²) in [5.41, 5.74) is 0.678. The van der Waals surface area contributed by atoms with E-state index in [1.54, 1.807) is 23.5 Å². The fourth-order valence-corrected chi connectivity index (χ4v) is 3.74. The normalized spacial score (nSPS) is 18.7. The van der Waals surface area contributed by atoms with Gasteiger partial charge in [0.15, 0.2) is 0 Å². The fraction of sp³-hybridized carbons (Fsp3) is 0.375. The zero-order valence-corrected chi connectivity index (χ0v) is 13.2. The lowest BCUT2D eigenvalue weighted by molar-refractivity contribution is 0.0673. The van der Waals surface area contributed by atoms with Crippen molar-refractivity contribution in [3.05, 3.63) is 51.4 Å². The molecule has 0 aliphatic carbocycles. The number of aromatic nitrogens is 1. The summed E-state index contributed by atoms with van der Waals surface area (Å²) in [6.07, 6.45) is 5.04. The van der Waals surface area contributed by atoms with Crippen molar-refractivity contribution >= 4 is 28.8 Å². The van der Waals surface area contributed by atoms with Crippen molar-refractivity contribution in [2.24, 2.45) is 5.92 Å². The fourth-order valence-electron chi connectivity index (χ4n) is 2.82. The van der Waals surface area contributed by atoms with Gasteiger partial charge >= 0.3 is 0 Å². The molecule has 1 atom stereocenters. The predicted molar refractivity (Wildman–Crippen MR) is 85.9 cm³/mol. The van der Waals surface area contributed by atoms with Crippen LogP contribution in [0.1, 0.15) is 28.2 Å². The molecule has 21 heavy (non-hydrogen) atoms. The van der Waals surface area contributed by atoms with Crippen LogP contribution in [0.25, 0.3) is 0 Å². The number of hydrogen-bond acceptors (Lipinski definition) is 3. The van der Waals surface area contributed by atoms with E-state index < -0.39 is 0 Å². The molecule has 1 aromatic heterocycles. The number of benzene rings is 1. The van der Waals surface area contributed by atoms with Gasteiger partial charge in [0.25, 0.3) is 5.91 Å². The summed E-state index contributed by atoms with van der Waals surface area (Å²) in [5.74, 6) is 0.592. The van der Waals surface area contributed by atoms with Crippen LogP contribution in [0.4, 0.5) is 0 Å². The highest BCUT2D eigenvalue weighted by atomic mass is 35.5. The molecule has 3 nitrogen and oxygen atoms in total. The second-order valence-corrected chi connectivity index (χ2v) is 6.82.